The Balaban J connectivity index is 2.48. The first-order valence-corrected chi connectivity index (χ1v) is 4.91. The SMILES string of the molecule is Cn1nc([C@H](O)CC(=O)O)c2ccccc21. The number of carbonyl (C=O) groups is 1. The second-order valence-corrected chi connectivity index (χ2v) is 3.64. The lowest BCUT2D eigenvalue weighted by Crippen LogP contribution is -2.06. The van der Waals surface area contributed by atoms with Crippen molar-refractivity contribution in [1.29, 1.82) is 0 Å². The number of aliphatic carboxylic acids is 1. The smallest absolute Gasteiger partial charge is 0.306 e. The molecule has 2 rings (SSSR count). The number of hydrogen-bond acceptors (Lipinski definition) is 3. The summed E-state index contributed by atoms with van der Waals surface area (Å²) in [6, 6.07) is 7.40. The molecule has 0 aliphatic carbocycles. The van der Waals surface area contributed by atoms with E-state index in [9.17, 15) is 9.90 Å². The van der Waals surface area contributed by atoms with Crippen molar-refractivity contribution in [1.82, 2.24) is 9.78 Å². The van der Waals surface area contributed by atoms with Gasteiger partial charge >= 0.3 is 5.97 Å². The number of carboxylic acid groups (broad SMARTS) is 1. The van der Waals surface area contributed by atoms with E-state index in [1.54, 1.807) is 11.7 Å². The van der Waals surface area contributed by atoms with Gasteiger partial charge in [-0.1, -0.05) is 18.2 Å². The van der Waals surface area contributed by atoms with E-state index in [1.807, 2.05) is 24.3 Å². The Kier molecular flexibility index (Phi) is 2.62. The zero-order valence-corrected chi connectivity index (χ0v) is 8.79. The minimum atomic E-state index is -1.07. The predicted molar refractivity (Wildman–Crippen MR) is 57.9 cm³/mol. The summed E-state index contributed by atoms with van der Waals surface area (Å²) in [4.78, 5) is 10.5. The largest absolute Gasteiger partial charge is 0.481 e. The number of aliphatic hydroxyl groups excluding tert-OH is 1. The molecule has 0 fully saturated rings. The third-order valence-electron chi connectivity index (χ3n) is 2.47. The van der Waals surface area contributed by atoms with Crippen molar-refractivity contribution in [3.05, 3.63) is 30.0 Å². The summed E-state index contributed by atoms with van der Waals surface area (Å²) in [5.74, 6) is -1.04. The fourth-order valence-corrected chi connectivity index (χ4v) is 1.75. The molecule has 0 radical (unpaired) electrons. The summed E-state index contributed by atoms with van der Waals surface area (Å²) < 4.78 is 1.63. The number of aryl methyl sites for hydroxylation is 1. The Labute approximate surface area is 91.9 Å². The van der Waals surface area contributed by atoms with Gasteiger partial charge in [0.25, 0.3) is 0 Å². The van der Waals surface area contributed by atoms with E-state index in [-0.39, 0.29) is 6.42 Å². The van der Waals surface area contributed by atoms with Gasteiger partial charge in [-0.25, -0.2) is 0 Å². The van der Waals surface area contributed by atoms with Crippen molar-refractivity contribution in [3.8, 4) is 0 Å². The number of aromatic nitrogens is 2. The minimum Gasteiger partial charge on any atom is -0.481 e. The van der Waals surface area contributed by atoms with Crippen LogP contribution in [-0.2, 0) is 11.8 Å². The molecule has 0 unspecified atom stereocenters. The zero-order chi connectivity index (χ0) is 11.7. The molecule has 0 saturated heterocycles. The molecule has 0 saturated carbocycles. The fourth-order valence-electron chi connectivity index (χ4n) is 1.75. The zero-order valence-electron chi connectivity index (χ0n) is 8.79. The highest BCUT2D eigenvalue weighted by Crippen LogP contribution is 2.24. The first kappa shape index (κ1) is 10.6. The number of aliphatic hydroxyl groups is 1. The van der Waals surface area contributed by atoms with Crippen molar-refractivity contribution in [2.45, 2.75) is 12.5 Å². The monoisotopic (exact) mass is 220 g/mol. The molecule has 0 amide bonds. The van der Waals surface area contributed by atoms with Crippen LogP contribution >= 0.6 is 0 Å². The highest BCUT2D eigenvalue weighted by molar-refractivity contribution is 5.82. The maximum absolute atomic E-state index is 10.5. The molecule has 5 heteroatoms. The normalized spacial score (nSPS) is 12.9. The molecular weight excluding hydrogens is 208 g/mol. The topological polar surface area (TPSA) is 75.3 Å². The molecule has 2 N–H and O–H groups in total. The average molecular weight is 220 g/mol. The summed E-state index contributed by atoms with van der Waals surface area (Å²) in [7, 11) is 1.76. The highest BCUT2D eigenvalue weighted by atomic mass is 16.4. The van der Waals surface area contributed by atoms with Crippen molar-refractivity contribution in [2.24, 2.45) is 7.05 Å². The van der Waals surface area contributed by atoms with Crippen LogP contribution in [0.15, 0.2) is 24.3 Å². The number of fused-ring (bicyclic) bond motifs is 1. The van der Waals surface area contributed by atoms with E-state index in [1.165, 1.54) is 0 Å². The molecule has 1 heterocycles. The second kappa shape index (κ2) is 3.94. The molecule has 0 aliphatic heterocycles. The van der Waals surface area contributed by atoms with Gasteiger partial charge < -0.3 is 10.2 Å². The van der Waals surface area contributed by atoms with Crippen LogP contribution in [0.2, 0.25) is 0 Å². The van der Waals surface area contributed by atoms with Gasteiger partial charge in [-0.05, 0) is 6.07 Å². The molecule has 1 atom stereocenters. The summed E-state index contributed by atoms with van der Waals surface area (Å²) in [6.45, 7) is 0. The van der Waals surface area contributed by atoms with Gasteiger partial charge in [0.05, 0.1) is 17.6 Å². The first-order chi connectivity index (χ1) is 7.59. The molecule has 2 aromatic rings. The molecule has 0 bridgehead atoms. The maximum Gasteiger partial charge on any atom is 0.306 e. The number of para-hydroxylation sites is 1. The summed E-state index contributed by atoms with van der Waals surface area (Å²) in [5.41, 5.74) is 1.29. The van der Waals surface area contributed by atoms with Crippen molar-refractivity contribution >= 4 is 16.9 Å². The molecular formula is C11H12N2O3. The van der Waals surface area contributed by atoms with Crippen LogP contribution in [-0.4, -0.2) is 26.0 Å². The number of carboxylic acids is 1. The van der Waals surface area contributed by atoms with Gasteiger partial charge in [-0.15, -0.1) is 0 Å². The minimum absolute atomic E-state index is 0.332. The second-order valence-electron chi connectivity index (χ2n) is 3.64. The summed E-state index contributed by atoms with van der Waals surface area (Å²) in [6.07, 6.45) is -1.40. The van der Waals surface area contributed by atoms with Gasteiger partial charge in [0.2, 0.25) is 0 Å². The average Bonchev–Trinajstić information content (AvgIpc) is 2.56. The van der Waals surface area contributed by atoms with Crippen LogP contribution in [0.5, 0.6) is 0 Å². The van der Waals surface area contributed by atoms with E-state index in [0.29, 0.717) is 5.69 Å². The Bertz CT molecular complexity index is 533. The molecule has 5 nitrogen and oxygen atoms in total. The van der Waals surface area contributed by atoms with Crippen molar-refractivity contribution in [2.75, 3.05) is 0 Å². The van der Waals surface area contributed by atoms with Gasteiger partial charge in [0.1, 0.15) is 6.10 Å². The Morgan fingerprint density at radius 3 is 2.88 bits per heavy atom. The van der Waals surface area contributed by atoms with E-state index >= 15 is 0 Å². The van der Waals surface area contributed by atoms with E-state index in [4.69, 9.17) is 5.11 Å². The third-order valence-corrected chi connectivity index (χ3v) is 2.47. The predicted octanol–water partition coefficient (Wildman–Crippen LogP) is 1.08. The van der Waals surface area contributed by atoms with Gasteiger partial charge in [-0.3, -0.25) is 9.48 Å². The third kappa shape index (κ3) is 1.77. The van der Waals surface area contributed by atoms with Crippen LogP contribution in [0, 0.1) is 0 Å². The highest BCUT2D eigenvalue weighted by Gasteiger charge is 2.18. The Morgan fingerprint density at radius 1 is 1.50 bits per heavy atom. The Morgan fingerprint density at radius 2 is 2.19 bits per heavy atom. The van der Waals surface area contributed by atoms with Gasteiger partial charge in [0, 0.05) is 12.4 Å². The van der Waals surface area contributed by atoms with E-state index in [2.05, 4.69) is 5.10 Å². The molecule has 84 valence electrons. The van der Waals surface area contributed by atoms with Gasteiger partial charge in [-0.2, -0.15) is 5.10 Å². The van der Waals surface area contributed by atoms with Crippen LogP contribution in [0.4, 0.5) is 0 Å². The van der Waals surface area contributed by atoms with Crippen LogP contribution in [0.1, 0.15) is 18.2 Å². The van der Waals surface area contributed by atoms with E-state index in [0.717, 1.165) is 10.9 Å². The number of nitrogens with zero attached hydrogens (tertiary/aromatic N) is 2. The Hall–Kier alpha value is -1.88. The number of benzene rings is 1. The number of rotatable bonds is 3. The first-order valence-electron chi connectivity index (χ1n) is 4.91. The standard InChI is InChI=1S/C11H12N2O3/c1-13-8-5-3-2-4-7(8)11(12-13)9(14)6-10(15)16/h2-5,9,14H,6H2,1H3,(H,15,16)/t9-/m1/s1. The van der Waals surface area contributed by atoms with Crippen LogP contribution < -0.4 is 0 Å². The summed E-state index contributed by atoms with van der Waals surface area (Å²) >= 11 is 0. The van der Waals surface area contributed by atoms with Crippen LogP contribution in [0.3, 0.4) is 0 Å². The molecule has 1 aromatic heterocycles. The molecule has 1 aromatic carbocycles. The number of hydrogen-bond donors (Lipinski definition) is 2. The molecule has 0 aliphatic rings. The maximum atomic E-state index is 10.5. The lowest BCUT2D eigenvalue weighted by atomic mass is 10.1. The van der Waals surface area contributed by atoms with Gasteiger partial charge in [0.15, 0.2) is 0 Å². The fraction of sp³-hybridized carbons (Fsp3) is 0.273. The van der Waals surface area contributed by atoms with Crippen LogP contribution in [0.25, 0.3) is 10.9 Å². The lowest BCUT2D eigenvalue weighted by molar-refractivity contribution is -0.139. The molecule has 0 spiro atoms. The van der Waals surface area contributed by atoms with Crippen molar-refractivity contribution in [3.63, 3.8) is 0 Å². The molecule has 16 heavy (non-hydrogen) atoms. The van der Waals surface area contributed by atoms with E-state index < -0.39 is 12.1 Å². The quantitative estimate of drug-likeness (QED) is 0.811. The van der Waals surface area contributed by atoms with Crippen molar-refractivity contribution < 1.29 is 15.0 Å². The lowest BCUT2D eigenvalue weighted by Gasteiger charge is -2.04. The summed E-state index contributed by atoms with van der Waals surface area (Å²) in [5, 5.41) is 23.3.